The summed E-state index contributed by atoms with van der Waals surface area (Å²) in [4.78, 5) is 21.1. The number of hydrogen-bond donors (Lipinski definition) is 1. The van der Waals surface area contributed by atoms with E-state index in [-0.39, 0.29) is 11.7 Å². The van der Waals surface area contributed by atoms with Crippen molar-refractivity contribution in [3.05, 3.63) is 82.8 Å². The van der Waals surface area contributed by atoms with Gasteiger partial charge in [-0.05, 0) is 55.0 Å². The number of halogens is 2. The van der Waals surface area contributed by atoms with E-state index in [1.807, 2.05) is 18.2 Å². The zero-order valence-electron chi connectivity index (χ0n) is 18.6. The average molecular weight is 469 g/mol. The zero-order valence-corrected chi connectivity index (χ0v) is 19.3. The molecule has 0 radical (unpaired) electrons. The summed E-state index contributed by atoms with van der Waals surface area (Å²) in [6, 6.07) is 15.1. The summed E-state index contributed by atoms with van der Waals surface area (Å²) >= 11 is 6.55. The fraction of sp³-hybridized carbons (Fsp3) is 0.280. The van der Waals surface area contributed by atoms with Crippen molar-refractivity contribution in [3.63, 3.8) is 0 Å². The molecule has 1 atom stereocenters. The lowest BCUT2D eigenvalue weighted by Gasteiger charge is -2.32. The van der Waals surface area contributed by atoms with Crippen molar-refractivity contribution >= 4 is 23.2 Å². The highest BCUT2D eigenvalue weighted by Gasteiger charge is 2.19. The lowest BCUT2D eigenvalue weighted by atomic mass is 10.1. The van der Waals surface area contributed by atoms with E-state index in [9.17, 15) is 9.18 Å². The van der Waals surface area contributed by atoms with Crippen molar-refractivity contribution in [2.45, 2.75) is 19.5 Å². The number of nitrogens with one attached hydrogen (secondary N) is 1. The highest BCUT2D eigenvalue weighted by Crippen LogP contribution is 2.26. The van der Waals surface area contributed by atoms with E-state index in [1.165, 1.54) is 30.5 Å². The number of pyridine rings is 1. The molecule has 1 saturated heterocycles. The van der Waals surface area contributed by atoms with Gasteiger partial charge in [0.25, 0.3) is 5.91 Å². The smallest absolute Gasteiger partial charge is 0.259 e. The van der Waals surface area contributed by atoms with Crippen molar-refractivity contribution in [2.75, 3.05) is 31.6 Å². The van der Waals surface area contributed by atoms with Gasteiger partial charge < -0.3 is 15.0 Å². The summed E-state index contributed by atoms with van der Waals surface area (Å²) < 4.78 is 18.6. The molecule has 0 aliphatic carbocycles. The van der Waals surface area contributed by atoms with Crippen LogP contribution in [0.25, 0.3) is 0 Å². The number of rotatable bonds is 6. The van der Waals surface area contributed by atoms with Crippen LogP contribution in [0.2, 0.25) is 5.02 Å². The van der Waals surface area contributed by atoms with E-state index in [2.05, 4.69) is 22.1 Å². The van der Waals surface area contributed by atoms with Crippen LogP contribution in [0.5, 0.6) is 11.6 Å². The molecular formula is C25H26ClFN4O2. The summed E-state index contributed by atoms with van der Waals surface area (Å²) in [7, 11) is 1.70. The molecule has 1 amide bonds. The molecule has 2 heterocycles. The van der Waals surface area contributed by atoms with Crippen molar-refractivity contribution in [1.29, 1.82) is 0 Å². The van der Waals surface area contributed by atoms with Crippen LogP contribution in [-0.2, 0) is 6.54 Å². The lowest BCUT2D eigenvalue weighted by Crippen LogP contribution is -2.48. The van der Waals surface area contributed by atoms with Crippen LogP contribution in [-0.4, -0.2) is 48.5 Å². The van der Waals surface area contributed by atoms with Crippen LogP contribution in [0.15, 0.2) is 60.8 Å². The standard InChI is InChI=1S/C25H26ClFN4O2/c1-17-15-31(12-11-28-17)16-19-3-7-21(13-23(19)26)30(2)25(32)18-4-10-24(29-14-18)33-22-8-5-20(27)6-9-22/h3-10,13-14,17,28H,11-12,15-16H2,1-2H3/t17-/m0/s1. The highest BCUT2D eigenvalue weighted by molar-refractivity contribution is 6.31. The third-order valence-corrected chi connectivity index (χ3v) is 5.95. The summed E-state index contributed by atoms with van der Waals surface area (Å²) in [5, 5.41) is 4.07. The molecule has 8 heteroatoms. The van der Waals surface area contributed by atoms with Crippen molar-refractivity contribution in [2.24, 2.45) is 0 Å². The van der Waals surface area contributed by atoms with Gasteiger partial charge in [-0.25, -0.2) is 9.37 Å². The Hall–Kier alpha value is -3.00. The molecule has 1 N–H and O–H groups in total. The first-order valence-electron chi connectivity index (χ1n) is 10.8. The van der Waals surface area contributed by atoms with Gasteiger partial charge in [-0.1, -0.05) is 17.7 Å². The minimum atomic E-state index is -0.342. The van der Waals surface area contributed by atoms with Crippen molar-refractivity contribution in [1.82, 2.24) is 15.2 Å². The summed E-state index contributed by atoms with van der Waals surface area (Å²) in [6.07, 6.45) is 1.46. The molecule has 3 aromatic rings. The van der Waals surface area contributed by atoms with Gasteiger partial charge in [-0.15, -0.1) is 0 Å². The Bertz CT molecular complexity index is 1110. The Morgan fingerprint density at radius 1 is 1.24 bits per heavy atom. The molecule has 2 aromatic carbocycles. The zero-order chi connectivity index (χ0) is 23.4. The molecule has 1 aliphatic rings. The Labute approximate surface area is 197 Å². The number of nitrogens with zero attached hydrogens (tertiary/aromatic N) is 3. The second-order valence-corrected chi connectivity index (χ2v) is 8.58. The third kappa shape index (κ3) is 5.87. The first-order valence-corrected chi connectivity index (χ1v) is 11.2. The highest BCUT2D eigenvalue weighted by atomic mass is 35.5. The number of carbonyl (C=O) groups is 1. The predicted octanol–water partition coefficient (Wildman–Crippen LogP) is 4.74. The number of amides is 1. The maximum atomic E-state index is 13.0. The minimum absolute atomic E-state index is 0.212. The number of hydrogen-bond acceptors (Lipinski definition) is 5. The number of ether oxygens (including phenoxy) is 1. The van der Waals surface area contributed by atoms with E-state index in [0.29, 0.717) is 33.9 Å². The molecular weight excluding hydrogens is 443 g/mol. The second kappa shape index (κ2) is 10.3. The second-order valence-electron chi connectivity index (χ2n) is 8.17. The minimum Gasteiger partial charge on any atom is -0.439 e. The molecule has 0 unspecified atom stereocenters. The van der Waals surface area contributed by atoms with E-state index in [1.54, 1.807) is 24.1 Å². The van der Waals surface area contributed by atoms with Gasteiger partial charge in [-0.2, -0.15) is 0 Å². The van der Waals surface area contributed by atoms with E-state index in [4.69, 9.17) is 16.3 Å². The van der Waals surface area contributed by atoms with Crippen molar-refractivity contribution < 1.29 is 13.9 Å². The molecule has 1 aliphatic heterocycles. The van der Waals surface area contributed by atoms with Gasteiger partial charge in [0.05, 0.1) is 5.56 Å². The van der Waals surface area contributed by atoms with Gasteiger partial charge in [0.15, 0.2) is 0 Å². The van der Waals surface area contributed by atoms with Crippen LogP contribution in [0.3, 0.4) is 0 Å². The largest absolute Gasteiger partial charge is 0.439 e. The molecule has 1 aromatic heterocycles. The molecule has 6 nitrogen and oxygen atoms in total. The first kappa shape index (κ1) is 23.2. The van der Waals surface area contributed by atoms with Gasteiger partial charge in [-0.3, -0.25) is 9.69 Å². The molecule has 0 spiro atoms. The van der Waals surface area contributed by atoms with Gasteiger partial charge >= 0.3 is 0 Å². The first-order chi connectivity index (χ1) is 15.9. The normalized spacial score (nSPS) is 16.4. The molecule has 0 saturated carbocycles. The van der Waals surface area contributed by atoms with E-state index in [0.717, 1.165) is 31.7 Å². The third-order valence-electron chi connectivity index (χ3n) is 5.59. The van der Waals surface area contributed by atoms with E-state index < -0.39 is 0 Å². The molecule has 4 rings (SSSR count). The number of benzene rings is 2. The maximum Gasteiger partial charge on any atom is 0.259 e. The SMILES string of the molecule is C[C@H]1CN(Cc2ccc(N(C)C(=O)c3ccc(Oc4ccc(F)cc4)nc3)cc2Cl)CCN1. The Morgan fingerprint density at radius 2 is 2.03 bits per heavy atom. The monoisotopic (exact) mass is 468 g/mol. The molecule has 172 valence electrons. The number of piperazine rings is 1. The Kier molecular flexibility index (Phi) is 7.23. The molecule has 0 bridgehead atoms. The van der Waals surface area contributed by atoms with Gasteiger partial charge in [0.1, 0.15) is 11.6 Å². The fourth-order valence-corrected chi connectivity index (χ4v) is 4.01. The Morgan fingerprint density at radius 3 is 2.70 bits per heavy atom. The van der Waals surface area contributed by atoms with Crippen LogP contribution < -0.4 is 15.0 Å². The molecule has 1 fully saturated rings. The van der Waals surface area contributed by atoms with Gasteiger partial charge in [0, 0.05) is 62.2 Å². The van der Waals surface area contributed by atoms with Crippen LogP contribution in [0, 0.1) is 5.82 Å². The summed E-state index contributed by atoms with van der Waals surface area (Å²) in [5.41, 5.74) is 2.16. The average Bonchev–Trinajstić information content (AvgIpc) is 2.81. The topological polar surface area (TPSA) is 57.7 Å². The maximum absolute atomic E-state index is 13.0. The van der Waals surface area contributed by atoms with Crippen LogP contribution in [0.1, 0.15) is 22.8 Å². The Balaban J connectivity index is 1.40. The van der Waals surface area contributed by atoms with Crippen LogP contribution >= 0.6 is 11.6 Å². The number of carbonyl (C=O) groups excluding carboxylic acids is 1. The summed E-state index contributed by atoms with van der Waals surface area (Å²) in [5.74, 6) is 0.224. The predicted molar refractivity (Wildman–Crippen MR) is 128 cm³/mol. The van der Waals surface area contributed by atoms with Crippen molar-refractivity contribution in [3.8, 4) is 11.6 Å². The lowest BCUT2D eigenvalue weighted by molar-refractivity contribution is 0.0992. The number of aromatic nitrogens is 1. The number of anilines is 1. The van der Waals surface area contributed by atoms with Crippen LogP contribution in [0.4, 0.5) is 10.1 Å². The van der Waals surface area contributed by atoms with Gasteiger partial charge in [0.2, 0.25) is 5.88 Å². The molecule has 33 heavy (non-hydrogen) atoms. The quantitative estimate of drug-likeness (QED) is 0.566. The van der Waals surface area contributed by atoms with E-state index >= 15 is 0 Å². The summed E-state index contributed by atoms with van der Waals surface area (Å²) in [6.45, 7) is 5.88. The fourth-order valence-electron chi connectivity index (χ4n) is 3.77.